The number of alkyl carbamates (subject to hydrolysis) is 1. The van der Waals surface area contributed by atoms with Crippen LogP contribution in [0.1, 0.15) is 33.3 Å². The molecule has 1 unspecified atom stereocenters. The molecule has 0 spiro atoms. The molecule has 0 aliphatic heterocycles. The van der Waals surface area contributed by atoms with Crippen molar-refractivity contribution in [2.75, 3.05) is 20.2 Å². The number of carbonyl (C=O) groups is 1. The van der Waals surface area contributed by atoms with Crippen LogP contribution in [0.4, 0.5) is 4.79 Å². The van der Waals surface area contributed by atoms with E-state index in [9.17, 15) is 4.79 Å². The van der Waals surface area contributed by atoms with Crippen LogP contribution in [0.5, 0.6) is 5.75 Å². The van der Waals surface area contributed by atoms with Gasteiger partial charge in [-0.1, -0.05) is 6.92 Å². The van der Waals surface area contributed by atoms with Crippen molar-refractivity contribution in [3.05, 3.63) is 24.0 Å². The highest BCUT2D eigenvalue weighted by atomic mass is 16.6. The Bertz CT molecular complexity index is 485. The number of pyridine rings is 1. The number of nitrogens with two attached hydrogens (primary N) is 1. The minimum Gasteiger partial charge on any atom is -0.495 e. The third-order valence-electron chi connectivity index (χ3n) is 3.12. The summed E-state index contributed by atoms with van der Waals surface area (Å²) in [5.74, 6) is 0.657. The molecule has 1 heterocycles. The molecule has 0 aromatic carbocycles. The lowest BCUT2D eigenvalue weighted by Crippen LogP contribution is -2.45. The first-order valence-electron chi connectivity index (χ1n) is 6.86. The molecule has 1 amide bonds. The molecule has 1 atom stereocenters. The molecule has 0 radical (unpaired) electrons. The lowest BCUT2D eigenvalue weighted by molar-refractivity contribution is 0.0516. The Labute approximate surface area is 126 Å². The molecule has 1 aromatic heterocycles. The zero-order valence-electron chi connectivity index (χ0n) is 13.4. The van der Waals surface area contributed by atoms with Gasteiger partial charge in [-0.2, -0.15) is 0 Å². The van der Waals surface area contributed by atoms with Crippen molar-refractivity contribution >= 4 is 6.09 Å². The van der Waals surface area contributed by atoms with Crippen LogP contribution in [-0.2, 0) is 10.2 Å². The first-order chi connectivity index (χ1) is 9.70. The van der Waals surface area contributed by atoms with Gasteiger partial charge in [0.25, 0.3) is 0 Å². The van der Waals surface area contributed by atoms with Gasteiger partial charge in [0.1, 0.15) is 11.4 Å². The second-order valence-electron chi connectivity index (χ2n) is 6.23. The average Bonchev–Trinajstić information content (AvgIpc) is 2.43. The SMILES string of the molecule is COc1cncc(C(C)(CN)CNC(=O)OC(C)(C)C)c1. The minimum absolute atomic E-state index is 0.354. The second-order valence-corrected chi connectivity index (χ2v) is 6.23. The molecule has 0 aliphatic carbocycles. The predicted octanol–water partition coefficient (Wildman–Crippen LogP) is 1.83. The van der Waals surface area contributed by atoms with Gasteiger partial charge in [0.2, 0.25) is 0 Å². The topological polar surface area (TPSA) is 86.5 Å². The third-order valence-corrected chi connectivity index (χ3v) is 3.12. The number of amides is 1. The van der Waals surface area contributed by atoms with E-state index in [1.165, 1.54) is 0 Å². The second kappa shape index (κ2) is 6.76. The van der Waals surface area contributed by atoms with Gasteiger partial charge in [-0.05, 0) is 32.4 Å². The summed E-state index contributed by atoms with van der Waals surface area (Å²) in [7, 11) is 1.58. The van der Waals surface area contributed by atoms with E-state index in [0.717, 1.165) is 5.56 Å². The van der Waals surface area contributed by atoms with Crippen molar-refractivity contribution in [1.29, 1.82) is 0 Å². The summed E-state index contributed by atoms with van der Waals surface area (Å²) in [6.45, 7) is 8.13. The predicted molar refractivity (Wildman–Crippen MR) is 81.4 cm³/mol. The van der Waals surface area contributed by atoms with Crippen molar-refractivity contribution in [1.82, 2.24) is 10.3 Å². The van der Waals surface area contributed by atoms with E-state index >= 15 is 0 Å². The minimum atomic E-state index is -0.527. The number of nitrogens with zero attached hydrogens (tertiary/aromatic N) is 1. The zero-order valence-corrected chi connectivity index (χ0v) is 13.4. The van der Waals surface area contributed by atoms with E-state index in [1.807, 2.05) is 33.8 Å². The summed E-state index contributed by atoms with van der Waals surface area (Å²) in [6.07, 6.45) is 2.89. The molecule has 1 aromatic rings. The molecule has 118 valence electrons. The first-order valence-corrected chi connectivity index (χ1v) is 6.86. The first kappa shape index (κ1) is 17.2. The molecule has 0 saturated carbocycles. The van der Waals surface area contributed by atoms with Crippen molar-refractivity contribution in [3.8, 4) is 5.75 Å². The summed E-state index contributed by atoms with van der Waals surface area (Å²) >= 11 is 0. The molecule has 0 aliphatic rings. The van der Waals surface area contributed by atoms with Gasteiger partial charge < -0.3 is 20.5 Å². The Morgan fingerprint density at radius 3 is 2.52 bits per heavy atom. The van der Waals surface area contributed by atoms with E-state index in [1.54, 1.807) is 19.5 Å². The van der Waals surface area contributed by atoms with Gasteiger partial charge in [0, 0.05) is 24.7 Å². The number of methoxy groups -OCH3 is 1. The Morgan fingerprint density at radius 2 is 2.00 bits per heavy atom. The monoisotopic (exact) mass is 295 g/mol. The summed E-state index contributed by atoms with van der Waals surface area (Å²) < 4.78 is 10.4. The van der Waals surface area contributed by atoms with E-state index in [-0.39, 0.29) is 0 Å². The van der Waals surface area contributed by atoms with Crippen molar-refractivity contribution in [2.45, 2.75) is 38.7 Å². The maximum atomic E-state index is 11.8. The number of ether oxygens (including phenoxy) is 2. The normalized spacial score (nSPS) is 14.2. The highest BCUT2D eigenvalue weighted by molar-refractivity contribution is 5.67. The van der Waals surface area contributed by atoms with E-state index < -0.39 is 17.1 Å². The third kappa shape index (κ3) is 5.23. The molecule has 6 heteroatoms. The molecular formula is C15H25N3O3. The van der Waals surface area contributed by atoms with Crippen LogP contribution in [-0.4, -0.2) is 36.9 Å². The molecular weight excluding hydrogens is 270 g/mol. The maximum Gasteiger partial charge on any atom is 0.407 e. The number of aromatic nitrogens is 1. The molecule has 0 saturated heterocycles. The molecule has 3 N–H and O–H groups in total. The molecule has 0 fully saturated rings. The van der Waals surface area contributed by atoms with E-state index in [4.69, 9.17) is 15.2 Å². The van der Waals surface area contributed by atoms with Crippen LogP contribution in [0.15, 0.2) is 18.5 Å². The van der Waals surface area contributed by atoms with Gasteiger partial charge in [-0.15, -0.1) is 0 Å². The molecule has 6 nitrogen and oxygen atoms in total. The quantitative estimate of drug-likeness (QED) is 0.865. The fourth-order valence-corrected chi connectivity index (χ4v) is 1.73. The molecule has 0 bridgehead atoms. The van der Waals surface area contributed by atoms with Gasteiger partial charge in [-0.25, -0.2) is 4.79 Å². The van der Waals surface area contributed by atoms with Crippen LogP contribution in [0.25, 0.3) is 0 Å². The Morgan fingerprint density at radius 1 is 1.33 bits per heavy atom. The summed E-state index contributed by atoms with van der Waals surface area (Å²) in [4.78, 5) is 15.9. The Balaban J connectivity index is 2.78. The summed E-state index contributed by atoms with van der Waals surface area (Å²) in [6, 6.07) is 1.87. The van der Waals surface area contributed by atoms with Crippen LogP contribution in [0.2, 0.25) is 0 Å². The lowest BCUT2D eigenvalue weighted by Gasteiger charge is -2.29. The lowest BCUT2D eigenvalue weighted by atomic mass is 9.83. The van der Waals surface area contributed by atoms with Crippen LogP contribution in [0, 0.1) is 0 Å². The number of nitrogens with one attached hydrogen (secondary N) is 1. The largest absolute Gasteiger partial charge is 0.495 e. The van der Waals surface area contributed by atoms with Gasteiger partial charge in [-0.3, -0.25) is 4.98 Å². The Kier molecular flexibility index (Phi) is 5.54. The van der Waals surface area contributed by atoms with Crippen molar-refractivity contribution in [2.24, 2.45) is 5.73 Å². The average molecular weight is 295 g/mol. The highest BCUT2D eigenvalue weighted by Gasteiger charge is 2.27. The standard InChI is InChI=1S/C15H25N3O3/c1-14(2,3)21-13(19)18-10-15(4,9-16)11-6-12(20-5)8-17-7-11/h6-8H,9-10,16H2,1-5H3,(H,18,19). The number of hydrogen-bond acceptors (Lipinski definition) is 5. The fraction of sp³-hybridized carbons (Fsp3) is 0.600. The zero-order chi connectivity index (χ0) is 16.1. The maximum absolute atomic E-state index is 11.8. The number of hydrogen-bond donors (Lipinski definition) is 2. The van der Waals surface area contributed by atoms with Crippen LogP contribution >= 0.6 is 0 Å². The van der Waals surface area contributed by atoms with Crippen molar-refractivity contribution in [3.63, 3.8) is 0 Å². The smallest absolute Gasteiger partial charge is 0.407 e. The number of rotatable bonds is 5. The number of carbonyl (C=O) groups excluding carboxylic acids is 1. The molecule has 1 rings (SSSR count). The Hall–Kier alpha value is -1.82. The van der Waals surface area contributed by atoms with Gasteiger partial charge in [0.05, 0.1) is 13.3 Å². The van der Waals surface area contributed by atoms with Gasteiger partial charge >= 0.3 is 6.09 Å². The molecule has 21 heavy (non-hydrogen) atoms. The summed E-state index contributed by atoms with van der Waals surface area (Å²) in [5, 5.41) is 2.76. The highest BCUT2D eigenvalue weighted by Crippen LogP contribution is 2.24. The van der Waals surface area contributed by atoms with Crippen LogP contribution in [0.3, 0.4) is 0 Å². The summed E-state index contributed by atoms with van der Waals surface area (Å²) in [5.41, 5.74) is 5.81. The van der Waals surface area contributed by atoms with E-state index in [0.29, 0.717) is 18.8 Å². The van der Waals surface area contributed by atoms with E-state index in [2.05, 4.69) is 10.3 Å². The van der Waals surface area contributed by atoms with Crippen LogP contribution < -0.4 is 15.8 Å². The fourth-order valence-electron chi connectivity index (χ4n) is 1.73. The van der Waals surface area contributed by atoms with Gasteiger partial charge in [0.15, 0.2) is 0 Å². The van der Waals surface area contributed by atoms with Crippen molar-refractivity contribution < 1.29 is 14.3 Å².